The Bertz CT molecular complexity index is 347. The van der Waals surface area contributed by atoms with Crippen LogP contribution in [0.2, 0.25) is 0 Å². The Labute approximate surface area is 102 Å². The number of carbonyl (C=O) groups is 1. The molecule has 0 unspecified atom stereocenters. The Balaban J connectivity index is 2.37. The molecule has 17 heavy (non-hydrogen) atoms. The van der Waals surface area contributed by atoms with Crippen molar-refractivity contribution in [2.75, 3.05) is 6.54 Å². The number of carbonyl (C=O) groups excluding carboxylic acids is 1. The number of amides is 1. The monoisotopic (exact) mass is 239 g/mol. The molecule has 2 N–H and O–H groups in total. The molecular weight excluding hydrogens is 218 g/mol. The lowest BCUT2D eigenvalue weighted by Crippen LogP contribution is -2.33. The Hall–Kier alpha value is -1.43. The quantitative estimate of drug-likeness (QED) is 0.671. The van der Waals surface area contributed by atoms with Gasteiger partial charge in [-0.3, -0.25) is 4.79 Å². The summed E-state index contributed by atoms with van der Waals surface area (Å²) in [5.41, 5.74) is 0.857. The second-order valence-corrected chi connectivity index (χ2v) is 4.31. The van der Waals surface area contributed by atoms with Crippen molar-refractivity contribution in [3.63, 3.8) is 0 Å². The Morgan fingerprint density at radius 3 is 2.94 bits per heavy atom. The van der Waals surface area contributed by atoms with Gasteiger partial charge in [0.05, 0.1) is 11.9 Å². The van der Waals surface area contributed by atoms with Gasteiger partial charge in [0.1, 0.15) is 6.54 Å². The Morgan fingerprint density at radius 2 is 2.29 bits per heavy atom. The lowest BCUT2D eigenvalue weighted by molar-refractivity contribution is -0.122. The standard InChI is InChI=1S/C11H21N5O/c1-4-5-12-6-10-7-16(15-14-10)8-11(17)13-9(2)3/h7,9,12H,4-6,8H2,1-3H3,(H,13,17). The molecule has 0 aliphatic rings. The summed E-state index contributed by atoms with van der Waals surface area (Å²) >= 11 is 0. The van der Waals surface area contributed by atoms with Gasteiger partial charge in [0.15, 0.2) is 0 Å². The van der Waals surface area contributed by atoms with E-state index in [1.165, 1.54) is 0 Å². The summed E-state index contributed by atoms with van der Waals surface area (Å²) in [5, 5.41) is 13.9. The van der Waals surface area contributed by atoms with Crippen LogP contribution in [0.4, 0.5) is 0 Å². The molecule has 1 heterocycles. The van der Waals surface area contributed by atoms with E-state index in [4.69, 9.17) is 0 Å². The van der Waals surface area contributed by atoms with Gasteiger partial charge in [-0.2, -0.15) is 0 Å². The van der Waals surface area contributed by atoms with Crippen molar-refractivity contribution in [1.29, 1.82) is 0 Å². The van der Waals surface area contributed by atoms with Crippen molar-refractivity contribution < 1.29 is 4.79 Å². The lowest BCUT2D eigenvalue weighted by atomic mass is 10.4. The maximum Gasteiger partial charge on any atom is 0.241 e. The first-order valence-corrected chi connectivity index (χ1v) is 6.01. The van der Waals surface area contributed by atoms with Crippen LogP contribution in [0.3, 0.4) is 0 Å². The van der Waals surface area contributed by atoms with E-state index >= 15 is 0 Å². The minimum atomic E-state index is -0.0435. The molecule has 0 aliphatic carbocycles. The first-order chi connectivity index (χ1) is 8.11. The van der Waals surface area contributed by atoms with E-state index < -0.39 is 0 Å². The number of aromatic nitrogens is 3. The van der Waals surface area contributed by atoms with Crippen molar-refractivity contribution in [1.82, 2.24) is 25.6 Å². The third kappa shape index (κ3) is 5.44. The third-order valence-corrected chi connectivity index (χ3v) is 2.07. The number of nitrogens with one attached hydrogen (secondary N) is 2. The summed E-state index contributed by atoms with van der Waals surface area (Å²) in [5.74, 6) is -0.0435. The number of nitrogens with zero attached hydrogens (tertiary/aromatic N) is 3. The van der Waals surface area contributed by atoms with Gasteiger partial charge in [-0.05, 0) is 26.8 Å². The van der Waals surface area contributed by atoms with Gasteiger partial charge >= 0.3 is 0 Å². The molecule has 1 amide bonds. The molecule has 0 fully saturated rings. The van der Waals surface area contributed by atoms with Crippen LogP contribution in [0.25, 0.3) is 0 Å². The lowest BCUT2D eigenvalue weighted by Gasteiger charge is -2.07. The van der Waals surface area contributed by atoms with Crippen molar-refractivity contribution >= 4 is 5.91 Å². The SMILES string of the molecule is CCCNCc1cn(CC(=O)NC(C)C)nn1. The molecule has 1 aromatic heterocycles. The van der Waals surface area contributed by atoms with E-state index in [1.54, 1.807) is 10.9 Å². The number of hydrogen-bond acceptors (Lipinski definition) is 4. The van der Waals surface area contributed by atoms with Crippen LogP contribution < -0.4 is 10.6 Å². The average molecular weight is 239 g/mol. The van der Waals surface area contributed by atoms with E-state index in [9.17, 15) is 4.79 Å². The van der Waals surface area contributed by atoms with Gasteiger partial charge in [-0.1, -0.05) is 12.1 Å². The molecule has 0 aliphatic heterocycles. The summed E-state index contributed by atoms with van der Waals surface area (Å²) in [7, 11) is 0. The van der Waals surface area contributed by atoms with Crippen molar-refractivity contribution in [3.8, 4) is 0 Å². The minimum Gasteiger partial charge on any atom is -0.352 e. The molecule has 1 aromatic rings. The van der Waals surface area contributed by atoms with E-state index in [-0.39, 0.29) is 18.5 Å². The molecule has 6 heteroatoms. The highest BCUT2D eigenvalue weighted by Crippen LogP contribution is 1.93. The van der Waals surface area contributed by atoms with Gasteiger partial charge < -0.3 is 10.6 Å². The van der Waals surface area contributed by atoms with Gasteiger partial charge in [-0.15, -0.1) is 5.10 Å². The van der Waals surface area contributed by atoms with E-state index in [0.29, 0.717) is 6.54 Å². The van der Waals surface area contributed by atoms with Crippen LogP contribution in [-0.4, -0.2) is 33.5 Å². The minimum absolute atomic E-state index is 0.0435. The zero-order valence-corrected chi connectivity index (χ0v) is 10.7. The second kappa shape index (κ2) is 7.01. The predicted molar refractivity (Wildman–Crippen MR) is 65.3 cm³/mol. The Morgan fingerprint density at radius 1 is 1.53 bits per heavy atom. The molecule has 0 atom stereocenters. The summed E-state index contributed by atoms with van der Waals surface area (Å²) in [6.07, 6.45) is 2.88. The maximum atomic E-state index is 11.5. The smallest absolute Gasteiger partial charge is 0.241 e. The molecule has 0 radical (unpaired) electrons. The first-order valence-electron chi connectivity index (χ1n) is 6.01. The zero-order valence-electron chi connectivity index (χ0n) is 10.7. The van der Waals surface area contributed by atoms with E-state index in [0.717, 1.165) is 18.7 Å². The molecule has 1 rings (SSSR count). The fraction of sp³-hybridized carbons (Fsp3) is 0.727. The van der Waals surface area contributed by atoms with Crippen LogP contribution in [0, 0.1) is 0 Å². The molecule has 0 saturated heterocycles. The number of rotatable bonds is 7. The van der Waals surface area contributed by atoms with Crippen LogP contribution in [0.15, 0.2) is 6.20 Å². The highest BCUT2D eigenvalue weighted by atomic mass is 16.2. The van der Waals surface area contributed by atoms with Crippen LogP contribution in [-0.2, 0) is 17.9 Å². The molecular formula is C11H21N5O. The molecule has 6 nitrogen and oxygen atoms in total. The average Bonchev–Trinajstić information content (AvgIpc) is 2.64. The number of hydrogen-bond donors (Lipinski definition) is 2. The van der Waals surface area contributed by atoms with Gasteiger partial charge in [0.2, 0.25) is 5.91 Å². The molecule has 0 spiro atoms. The summed E-state index contributed by atoms with van der Waals surface area (Å²) < 4.78 is 1.56. The first kappa shape index (κ1) is 13.6. The highest BCUT2D eigenvalue weighted by Gasteiger charge is 2.06. The fourth-order valence-electron chi connectivity index (χ4n) is 1.40. The third-order valence-electron chi connectivity index (χ3n) is 2.07. The van der Waals surface area contributed by atoms with E-state index in [2.05, 4.69) is 27.9 Å². The van der Waals surface area contributed by atoms with Crippen LogP contribution in [0.5, 0.6) is 0 Å². The van der Waals surface area contributed by atoms with Crippen LogP contribution >= 0.6 is 0 Å². The van der Waals surface area contributed by atoms with Crippen molar-refractivity contribution in [3.05, 3.63) is 11.9 Å². The van der Waals surface area contributed by atoms with Gasteiger partial charge in [-0.25, -0.2) is 4.68 Å². The highest BCUT2D eigenvalue weighted by molar-refractivity contribution is 5.75. The molecule has 0 bridgehead atoms. The molecule has 96 valence electrons. The molecule has 0 aromatic carbocycles. The Kier molecular flexibility index (Phi) is 5.62. The second-order valence-electron chi connectivity index (χ2n) is 4.31. The van der Waals surface area contributed by atoms with E-state index in [1.807, 2.05) is 13.8 Å². The molecule has 0 saturated carbocycles. The largest absolute Gasteiger partial charge is 0.352 e. The normalized spacial score (nSPS) is 10.8. The van der Waals surface area contributed by atoms with Gasteiger partial charge in [0.25, 0.3) is 0 Å². The van der Waals surface area contributed by atoms with Crippen molar-refractivity contribution in [2.45, 2.75) is 46.3 Å². The van der Waals surface area contributed by atoms with Gasteiger partial charge in [0, 0.05) is 12.6 Å². The summed E-state index contributed by atoms with van der Waals surface area (Å²) in [6, 6.07) is 0.150. The maximum absolute atomic E-state index is 11.5. The zero-order chi connectivity index (χ0) is 12.7. The predicted octanol–water partition coefficient (Wildman–Crippen LogP) is 0.302. The van der Waals surface area contributed by atoms with Crippen molar-refractivity contribution in [2.24, 2.45) is 0 Å². The fourth-order valence-corrected chi connectivity index (χ4v) is 1.40. The summed E-state index contributed by atoms with van der Waals surface area (Å²) in [4.78, 5) is 11.5. The van der Waals surface area contributed by atoms with Crippen LogP contribution in [0.1, 0.15) is 32.9 Å². The summed E-state index contributed by atoms with van der Waals surface area (Å²) in [6.45, 7) is 7.85. The topological polar surface area (TPSA) is 71.8 Å².